The predicted molar refractivity (Wildman–Crippen MR) is 72.0 cm³/mol. The van der Waals surface area contributed by atoms with Gasteiger partial charge in [0.25, 0.3) is 0 Å². The first kappa shape index (κ1) is 14.5. The van der Waals surface area contributed by atoms with E-state index in [1.54, 1.807) is 6.07 Å². The third-order valence-electron chi connectivity index (χ3n) is 2.08. The molecule has 0 aliphatic carbocycles. The van der Waals surface area contributed by atoms with Gasteiger partial charge in [-0.2, -0.15) is 0 Å². The molecule has 6 heteroatoms. The van der Waals surface area contributed by atoms with Crippen molar-refractivity contribution in [1.29, 1.82) is 0 Å². The highest BCUT2D eigenvalue weighted by molar-refractivity contribution is 7.80. The van der Waals surface area contributed by atoms with E-state index in [2.05, 4.69) is 5.32 Å². The van der Waals surface area contributed by atoms with Crippen molar-refractivity contribution in [2.75, 3.05) is 11.9 Å². The highest BCUT2D eigenvalue weighted by atomic mass is 32.1. The van der Waals surface area contributed by atoms with Crippen molar-refractivity contribution in [2.45, 2.75) is 20.0 Å². The molecular weight excluding hydrogens is 255 g/mol. The fourth-order valence-electron chi connectivity index (χ4n) is 1.20. The van der Waals surface area contributed by atoms with Crippen molar-refractivity contribution in [3.8, 4) is 0 Å². The zero-order valence-electron chi connectivity index (χ0n) is 10.2. The van der Waals surface area contributed by atoms with Crippen molar-refractivity contribution in [3.63, 3.8) is 0 Å². The van der Waals surface area contributed by atoms with E-state index in [1.807, 2.05) is 13.8 Å². The summed E-state index contributed by atoms with van der Waals surface area (Å²) in [6.07, 6.45) is -0.0578. The summed E-state index contributed by atoms with van der Waals surface area (Å²) >= 11 is 4.73. The molecule has 0 fully saturated rings. The number of amides is 1. The molecule has 18 heavy (non-hydrogen) atoms. The number of hydrogen-bond acceptors (Lipinski definition) is 3. The topological polar surface area (TPSA) is 64.3 Å². The number of thiocarbonyl (C=S) groups is 1. The predicted octanol–water partition coefficient (Wildman–Crippen LogP) is 1.82. The molecule has 3 N–H and O–H groups in total. The van der Waals surface area contributed by atoms with Gasteiger partial charge in [0.15, 0.2) is 0 Å². The van der Waals surface area contributed by atoms with Crippen LogP contribution in [0.4, 0.5) is 10.1 Å². The van der Waals surface area contributed by atoms with Crippen LogP contribution in [0.25, 0.3) is 0 Å². The molecule has 0 saturated carbocycles. The summed E-state index contributed by atoms with van der Waals surface area (Å²) in [6.45, 7) is 3.50. The number of halogens is 1. The highest BCUT2D eigenvalue weighted by Crippen LogP contribution is 2.15. The lowest BCUT2D eigenvalue weighted by Gasteiger charge is -2.09. The van der Waals surface area contributed by atoms with E-state index in [0.717, 1.165) is 0 Å². The normalized spacial score (nSPS) is 10.4. The van der Waals surface area contributed by atoms with Gasteiger partial charge in [0.2, 0.25) is 5.91 Å². The molecule has 0 radical (unpaired) electrons. The van der Waals surface area contributed by atoms with Gasteiger partial charge in [-0.25, -0.2) is 4.39 Å². The molecule has 1 amide bonds. The van der Waals surface area contributed by atoms with Crippen LogP contribution in [0.1, 0.15) is 19.4 Å². The van der Waals surface area contributed by atoms with Crippen molar-refractivity contribution >= 4 is 28.8 Å². The largest absolute Gasteiger partial charge is 0.389 e. The highest BCUT2D eigenvalue weighted by Gasteiger charge is 2.09. The fourth-order valence-corrected chi connectivity index (χ4v) is 1.33. The Bertz CT molecular complexity index is 463. The van der Waals surface area contributed by atoms with Crippen LogP contribution >= 0.6 is 12.2 Å². The Morgan fingerprint density at radius 3 is 2.72 bits per heavy atom. The Morgan fingerprint density at radius 2 is 2.22 bits per heavy atom. The van der Waals surface area contributed by atoms with E-state index in [1.165, 1.54) is 12.1 Å². The maximum atomic E-state index is 13.6. The monoisotopic (exact) mass is 270 g/mol. The van der Waals surface area contributed by atoms with E-state index in [-0.39, 0.29) is 23.4 Å². The number of hydrogen-bond donors (Lipinski definition) is 2. The molecule has 0 unspecified atom stereocenters. The molecule has 0 aromatic heterocycles. The summed E-state index contributed by atoms with van der Waals surface area (Å²) < 4.78 is 18.7. The van der Waals surface area contributed by atoms with Crippen molar-refractivity contribution in [2.24, 2.45) is 5.73 Å². The molecule has 0 heterocycles. The summed E-state index contributed by atoms with van der Waals surface area (Å²) in [6, 6.07) is 4.14. The van der Waals surface area contributed by atoms with Crippen LogP contribution in [0, 0.1) is 5.82 Å². The molecular formula is C12H15FN2O2S. The Balaban J connectivity index is 2.68. The Hall–Kier alpha value is -1.53. The molecule has 0 atom stereocenters. The lowest BCUT2D eigenvalue weighted by molar-refractivity contribution is -0.121. The van der Waals surface area contributed by atoms with Gasteiger partial charge in [-0.15, -0.1) is 0 Å². The summed E-state index contributed by atoms with van der Waals surface area (Å²) in [5.74, 6) is -0.996. The van der Waals surface area contributed by atoms with Crippen LogP contribution in [0.5, 0.6) is 0 Å². The smallest absolute Gasteiger partial charge is 0.250 e. The minimum Gasteiger partial charge on any atom is -0.389 e. The Kier molecular flexibility index (Phi) is 5.18. The number of benzene rings is 1. The zero-order valence-corrected chi connectivity index (χ0v) is 11.0. The van der Waals surface area contributed by atoms with Crippen LogP contribution in [0.15, 0.2) is 18.2 Å². The number of carbonyl (C=O) groups is 1. The minimum atomic E-state index is -0.585. The third kappa shape index (κ3) is 4.38. The summed E-state index contributed by atoms with van der Waals surface area (Å²) in [7, 11) is 0. The molecule has 1 rings (SSSR count). The van der Waals surface area contributed by atoms with Gasteiger partial charge >= 0.3 is 0 Å². The van der Waals surface area contributed by atoms with Gasteiger partial charge in [-0.3, -0.25) is 4.79 Å². The van der Waals surface area contributed by atoms with Crippen LogP contribution < -0.4 is 11.1 Å². The van der Waals surface area contributed by atoms with Gasteiger partial charge < -0.3 is 15.8 Å². The van der Waals surface area contributed by atoms with Crippen LogP contribution in [-0.2, 0) is 9.53 Å². The van der Waals surface area contributed by atoms with Gasteiger partial charge in [0.1, 0.15) is 17.4 Å². The number of nitrogens with one attached hydrogen (secondary N) is 1. The minimum absolute atomic E-state index is 0.0578. The van der Waals surface area contributed by atoms with E-state index in [9.17, 15) is 9.18 Å². The zero-order chi connectivity index (χ0) is 13.7. The van der Waals surface area contributed by atoms with E-state index in [0.29, 0.717) is 5.56 Å². The molecule has 98 valence electrons. The lowest BCUT2D eigenvalue weighted by atomic mass is 10.2. The number of anilines is 1. The molecule has 0 aliphatic rings. The van der Waals surface area contributed by atoms with Crippen molar-refractivity contribution in [1.82, 2.24) is 0 Å². The summed E-state index contributed by atoms with van der Waals surface area (Å²) in [5.41, 5.74) is 5.86. The molecule has 0 spiro atoms. The Labute approximate surface area is 110 Å². The number of nitrogens with two attached hydrogens (primary N) is 1. The average molecular weight is 270 g/mol. The van der Waals surface area contributed by atoms with Crippen molar-refractivity contribution < 1.29 is 13.9 Å². The number of carbonyl (C=O) groups excluding carboxylic acids is 1. The SMILES string of the molecule is CC(C)OCC(=O)Nc1ccc(C(N)=S)cc1F. The first-order chi connectivity index (χ1) is 8.40. The number of rotatable bonds is 5. The standard InChI is InChI=1S/C12H15FN2O2S/c1-7(2)17-6-11(16)15-10-4-3-8(12(14)18)5-9(10)13/h3-5,7H,6H2,1-2H3,(H2,14,18)(H,15,16). The molecule has 0 saturated heterocycles. The molecule has 0 bridgehead atoms. The molecule has 1 aromatic rings. The second-order valence-corrected chi connectivity index (χ2v) is 4.41. The number of ether oxygens (including phenoxy) is 1. The quantitative estimate of drug-likeness (QED) is 0.801. The second kappa shape index (κ2) is 6.42. The van der Waals surface area contributed by atoms with Crippen molar-refractivity contribution in [3.05, 3.63) is 29.6 Å². The first-order valence-electron chi connectivity index (χ1n) is 5.41. The maximum absolute atomic E-state index is 13.6. The van der Waals surface area contributed by atoms with Gasteiger partial charge in [0, 0.05) is 5.56 Å². The first-order valence-corrected chi connectivity index (χ1v) is 5.81. The second-order valence-electron chi connectivity index (χ2n) is 3.97. The van der Waals surface area contributed by atoms with Gasteiger partial charge in [-0.1, -0.05) is 12.2 Å². The maximum Gasteiger partial charge on any atom is 0.250 e. The van der Waals surface area contributed by atoms with Gasteiger partial charge in [-0.05, 0) is 32.0 Å². The Morgan fingerprint density at radius 1 is 1.56 bits per heavy atom. The third-order valence-corrected chi connectivity index (χ3v) is 2.31. The average Bonchev–Trinajstić information content (AvgIpc) is 2.29. The van der Waals surface area contributed by atoms with Crippen LogP contribution in [0.2, 0.25) is 0 Å². The van der Waals surface area contributed by atoms with E-state index < -0.39 is 11.7 Å². The van der Waals surface area contributed by atoms with E-state index in [4.69, 9.17) is 22.7 Å². The molecule has 4 nitrogen and oxygen atoms in total. The fraction of sp³-hybridized carbons (Fsp3) is 0.333. The van der Waals surface area contributed by atoms with Crippen LogP contribution in [0.3, 0.4) is 0 Å². The molecule has 1 aromatic carbocycles. The lowest BCUT2D eigenvalue weighted by Crippen LogP contribution is -2.21. The summed E-state index contributed by atoms with van der Waals surface area (Å²) in [5, 5.41) is 2.41. The van der Waals surface area contributed by atoms with E-state index >= 15 is 0 Å². The van der Waals surface area contributed by atoms with Gasteiger partial charge in [0.05, 0.1) is 11.8 Å². The van der Waals surface area contributed by atoms with Crippen LogP contribution in [-0.4, -0.2) is 23.6 Å². The molecule has 0 aliphatic heterocycles. The summed E-state index contributed by atoms with van der Waals surface area (Å²) in [4.78, 5) is 11.5.